The number of hydrogen-bond acceptors (Lipinski definition) is 7. The largest absolute Gasteiger partial charge is 0.465 e. The number of carbonyl (C=O) groups excluding carboxylic acids is 3. The molecule has 1 atom stereocenters. The molecule has 0 fully saturated rings. The number of dihydropyridines is 1. The highest BCUT2D eigenvalue weighted by molar-refractivity contribution is 8.03. The van der Waals surface area contributed by atoms with E-state index in [1.165, 1.54) is 14.0 Å². The minimum absolute atomic E-state index is 0.0287. The van der Waals surface area contributed by atoms with Crippen molar-refractivity contribution in [2.45, 2.75) is 19.8 Å². The molecule has 9 heteroatoms. The highest BCUT2D eigenvalue weighted by atomic mass is 35.5. The predicted octanol–water partition coefficient (Wildman–Crippen LogP) is 4.78. The van der Waals surface area contributed by atoms with Gasteiger partial charge in [0.25, 0.3) is 0 Å². The predicted molar refractivity (Wildman–Crippen MR) is 132 cm³/mol. The minimum Gasteiger partial charge on any atom is -0.465 e. The van der Waals surface area contributed by atoms with Crippen LogP contribution in [0.15, 0.2) is 70.4 Å². The number of methoxy groups -OCH3 is 1. The molecule has 1 aliphatic rings. The van der Waals surface area contributed by atoms with Crippen LogP contribution in [0.3, 0.4) is 0 Å². The van der Waals surface area contributed by atoms with Crippen LogP contribution >= 0.6 is 23.4 Å². The standard InChI is InChI=1S/C25H22ClN3O4S/c1-14-22(15(2)30)23(16-8-10-17(26)11-9-16)19(12-27)24(28-14)34-13-21(31)29-20-7-5-4-6-18(20)25(32)33-3/h4-11,23,28H,13H2,1-3H3,(H,29,31)/t23-/m1/s1. The molecule has 2 aromatic rings. The number of ether oxygens (including phenoxy) is 1. The van der Waals surface area contributed by atoms with Gasteiger partial charge >= 0.3 is 5.97 Å². The average molecular weight is 496 g/mol. The molecule has 0 spiro atoms. The molecule has 2 N–H and O–H groups in total. The number of benzene rings is 2. The molecular weight excluding hydrogens is 474 g/mol. The molecular formula is C25H22ClN3O4S. The molecule has 7 nitrogen and oxygen atoms in total. The van der Waals surface area contributed by atoms with E-state index in [-0.39, 0.29) is 23.0 Å². The van der Waals surface area contributed by atoms with E-state index in [2.05, 4.69) is 16.7 Å². The number of halogens is 1. The number of hydrogen-bond donors (Lipinski definition) is 2. The molecule has 34 heavy (non-hydrogen) atoms. The van der Waals surface area contributed by atoms with Gasteiger partial charge in [-0.2, -0.15) is 5.26 Å². The van der Waals surface area contributed by atoms with Crippen LogP contribution in [0.5, 0.6) is 0 Å². The summed E-state index contributed by atoms with van der Waals surface area (Å²) in [6, 6.07) is 15.7. The highest BCUT2D eigenvalue weighted by Crippen LogP contribution is 2.41. The van der Waals surface area contributed by atoms with Crippen molar-refractivity contribution in [2.75, 3.05) is 18.2 Å². The Kier molecular flexibility index (Phi) is 8.16. The molecule has 0 saturated heterocycles. The first-order valence-corrected chi connectivity index (χ1v) is 11.6. The van der Waals surface area contributed by atoms with Crippen LogP contribution in [0.4, 0.5) is 5.69 Å². The fourth-order valence-corrected chi connectivity index (χ4v) is 4.70. The zero-order chi connectivity index (χ0) is 24.8. The van der Waals surface area contributed by atoms with Crippen molar-refractivity contribution in [2.24, 2.45) is 0 Å². The number of carbonyl (C=O) groups is 3. The van der Waals surface area contributed by atoms with Gasteiger partial charge in [-0.05, 0) is 43.7 Å². The number of thioether (sulfide) groups is 1. The number of nitriles is 1. The van der Waals surface area contributed by atoms with E-state index in [0.717, 1.165) is 17.3 Å². The third-order valence-electron chi connectivity index (χ3n) is 5.18. The van der Waals surface area contributed by atoms with Gasteiger partial charge < -0.3 is 15.4 Å². The number of para-hydroxylation sites is 1. The summed E-state index contributed by atoms with van der Waals surface area (Å²) in [6.07, 6.45) is 0. The van der Waals surface area contributed by atoms with Gasteiger partial charge in [0.1, 0.15) is 0 Å². The Morgan fingerprint density at radius 2 is 1.85 bits per heavy atom. The molecule has 0 radical (unpaired) electrons. The van der Waals surface area contributed by atoms with E-state index in [0.29, 0.717) is 32.6 Å². The Morgan fingerprint density at radius 1 is 1.18 bits per heavy atom. The fourth-order valence-electron chi connectivity index (χ4n) is 3.69. The molecule has 0 aliphatic carbocycles. The van der Waals surface area contributed by atoms with Crippen LogP contribution in [0, 0.1) is 11.3 Å². The maximum absolute atomic E-state index is 12.7. The highest BCUT2D eigenvalue weighted by Gasteiger charge is 2.33. The van der Waals surface area contributed by atoms with Crippen molar-refractivity contribution in [3.8, 4) is 6.07 Å². The van der Waals surface area contributed by atoms with Crippen LogP contribution in [0.1, 0.15) is 35.7 Å². The van der Waals surface area contributed by atoms with Crippen LogP contribution in [-0.4, -0.2) is 30.5 Å². The molecule has 1 amide bonds. The smallest absolute Gasteiger partial charge is 0.339 e. The van der Waals surface area contributed by atoms with Crippen LogP contribution < -0.4 is 10.6 Å². The molecule has 0 unspecified atom stereocenters. The normalized spacial score (nSPS) is 15.3. The maximum Gasteiger partial charge on any atom is 0.339 e. The summed E-state index contributed by atoms with van der Waals surface area (Å²) in [7, 11) is 1.27. The summed E-state index contributed by atoms with van der Waals surface area (Å²) in [5.74, 6) is -1.69. The molecule has 1 heterocycles. The number of Topliss-reactive ketones (excluding diaryl/α,β-unsaturated/α-hetero) is 1. The van der Waals surface area contributed by atoms with E-state index in [1.807, 2.05) is 0 Å². The van der Waals surface area contributed by atoms with Gasteiger partial charge in [0, 0.05) is 16.3 Å². The molecule has 0 aromatic heterocycles. The lowest BCUT2D eigenvalue weighted by atomic mass is 9.81. The first kappa shape index (κ1) is 25.1. The fraction of sp³-hybridized carbons (Fsp3) is 0.200. The van der Waals surface area contributed by atoms with Gasteiger partial charge in [-0.1, -0.05) is 47.6 Å². The van der Waals surface area contributed by atoms with Gasteiger partial charge in [0.15, 0.2) is 5.78 Å². The lowest BCUT2D eigenvalue weighted by Gasteiger charge is -2.29. The monoisotopic (exact) mass is 495 g/mol. The molecule has 0 saturated carbocycles. The molecule has 1 aliphatic heterocycles. The first-order chi connectivity index (χ1) is 16.3. The lowest BCUT2D eigenvalue weighted by Crippen LogP contribution is -2.28. The number of esters is 1. The average Bonchev–Trinajstić information content (AvgIpc) is 2.82. The summed E-state index contributed by atoms with van der Waals surface area (Å²) in [6.45, 7) is 3.23. The Bertz CT molecular complexity index is 1250. The SMILES string of the molecule is COC(=O)c1ccccc1NC(=O)CSC1=C(C#N)[C@@H](c2ccc(Cl)cc2)C(C(C)=O)=C(C)N1. The summed E-state index contributed by atoms with van der Waals surface area (Å²) in [5.41, 5.74) is 2.77. The lowest BCUT2D eigenvalue weighted by molar-refractivity contribution is -0.114. The number of nitrogens with one attached hydrogen (secondary N) is 2. The third kappa shape index (κ3) is 5.50. The van der Waals surface area contributed by atoms with E-state index in [9.17, 15) is 19.6 Å². The van der Waals surface area contributed by atoms with Gasteiger partial charge in [0.2, 0.25) is 5.91 Å². The quantitative estimate of drug-likeness (QED) is 0.532. The van der Waals surface area contributed by atoms with Crippen molar-refractivity contribution in [1.29, 1.82) is 5.26 Å². The van der Waals surface area contributed by atoms with Crippen molar-refractivity contribution < 1.29 is 19.1 Å². The van der Waals surface area contributed by atoms with Gasteiger partial charge in [-0.25, -0.2) is 4.79 Å². The Morgan fingerprint density at radius 3 is 2.47 bits per heavy atom. The zero-order valence-corrected chi connectivity index (χ0v) is 20.3. The Hall–Kier alpha value is -3.54. The van der Waals surface area contributed by atoms with E-state index in [1.54, 1.807) is 55.5 Å². The Balaban J connectivity index is 1.86. The Labute approximate surface area is 206 Å². The van der Waals surface area contributed by atoms with Gasteiger partial charge in [-0.3, -0.25) is 9.59 Å². The third-order valence-corrected chi connectivity index (χ3v) is 6.45. The minimum atomic E-state index is -0.577. The summed E-state index contributed by atoms with van der Waals surface area (Å²) >= 11 is 7.17. The van der Waals surface area contributed by atoms with Crippen LogP contribution in [0.2, 0.25) is 5.02 Å². The second-order valence-electron chi connectivity index (χ2n) is 7.43. The number of nitrogens with zero attached hydrogens (tertiary/aromatic N) is 1. The summed E-state index contributed by atoms with van der Waals surface area (Å²) < 4.78 is 4.75. The maximum atomic E-state index is 12.7. The molecule has 3 rings (SSSR count). The second kappa shape index (κ2) is 11.1. The first-order valence-electron chi connectivity index (χ1n) is 10.2. The summed E-state index contributed by atoms with van der Waals surface area (Å²) in [4.78, 5) is 37.0. The van der Waals surface area contributed by atoms with Gasteiger partial charge in [-0.15, -0.1) is 0 Å². The number of rotatable bonds is 7. The van der Waals surface area contributed by atoms with Crippen LogP contribution in [-0.2, 0) is 14.3 Å². The van der Waals surface area contributed by atoms with Crippen molar-refractivity contribution in [1.82, 2.24) is 5.32 Å². The van der Waals surface area contributed by atoms with Crippen LogP contribution in [0.25, 0.3) is 0 Å². The number of anilines is 1. The van der Waals surface area contributed by atoms with Crippen molar-refractivity contribution >= 4 is 46.7 Å². The molecule has 2 aromatic carbocycles. The summed E-state index contributed by atoms with van der Waals surface area (Å²) in [5, 5.41) is 16.8. The topological polar surface area (TPSA) is 108 Å². The van der Waals surface area contributed by atoms with Crippen molar-refractivity contribution in [3.63, 3.8) is 0 Å². The number of ketones is 1. The van der Waals surface area contributed by atoms with E-state index >= 15 is 0 Å². The van der Waals surface area contributed by atoms with Crippen molar-refractivity contribution in [3.05, 3.63) is 86.6 Å². The second-order valence-corrected chi connectivity index (χ2v) is 8.86. The zero-order valence-electron chi connectivity index (χ0n) is 18.8. The van der Waals surface area contributed by atoms with E-state index < -0.39 is 11.9 Å². The molecule has 0 bridgehead atoms. The molecule has 174 valence electrons. The van der Waals surface area contributed by atoms with E-state index in [4.69, 9.17) is 16.3 Å². The number of allylic oxidation sites excluding steroid dienone is 3. The van der Waals surface area contributed by atoms with Gasteiger partial charge in [0.05, 0.1) is 46.7 Å². The number of amides is 1.